The Labute approximate surface area is 362 Å². The van der Waals surface area contributed by atoms with Crippen LogP contribution in [0, 0.1) is 0 Å². The maximum Gasteiger partial charge on any atom is 0.0547 e. The molecule has 0 amide bonds. The SMILES string of the molecule is c1ccc(-c2ccc(N(c3ccc(-c4ccccc4)cc3)c3ccc(-c4cc(-c5ccccc5)cc(-c5cccc6c5c5ccccc5n6-c5ccccc5)c4)cc3)cc2)cc1. The lowest BCUT2D eigenvalue weighted by molar-refractivity contribution is 1.18. The second-order valence-electron chi connectivity index (χ2n) is 15.8. The molecule has 0 radical (unpaired) electrons. The molecule has 0 fully saturated rings. The van der Waals surface area contributed by atoms with Gasteiger partial charge < -0.3 is 9.47 Å². The zero-order valence-corrected chi connectivity index (χ0v) is 34.1. The van der Waals surface area contributed by atoms with E-state index in [1.807, 2.05) is 0 Å². The quantitative estimate of drug-likeness (QED) is 0.141. The monoisotopic (exact) mass is 790 g/mol. The summed E-state index contributed by atoms with van der Waals surface area (Å²) in [6.45, 7) is 0. The molecule has 292 valence electrons. The van der Waals surface area contributed by atoms with E-state index in [0.717, 1.165) is 28.3 Å². The summed E-state index contributed by atoms with van der Waals surface area (Å²) in [5, 5.41) is 2.50. The minimum Gasteiger partial charge on any atom is -0.311 e. The zero-order valence-electron chi connectivity index (χ0n) is 34.1. The van der Waals surface area contributed by atoms with E-state index in [1.165, 1.54) is 71.9 Å². The van der Waals surface area contributed by atoms with Gasteiger partial charge in [0.15, 0.2) is 0 Å². The summed E-state index contributed by atoms with van der Waals surface area (Å²) in [5.41, 5.74) is 18.7. The molecule has 0 aliphatic carbocycles. The largest absolute Gasteiger partial charge is 0.311 e. The van der Waals surface area contributed by atoms with E-state index in [9.17, 15) is 0 Å². The summed E-state index contributed by atoms with van der Waals surface area (Å²) in [5.74, 6) is 0. The summed E-state index contributed by atoms with van der Waals surface area (Å²) >= 11 is 0. The fourth-order valence-corrected chi connectivity index (χ4v) is 8.98. The molecule has 11 aromatic rings. The van der Waals surface area contributed by atoms with Gasteiger partial charge in [-0.3, -0.25) is 0 Å². The fraction of sp³-hybridized carbons (Fsp3) is 0. The van der Waals surface area contributed by atoms with Gasteiger partial charge in [-0.1, -0.05) is 176 Å². The molecule has 62 heavy (non-hydrogen) atoms. The molecule has 2 nitrogen and oxygen atoms in total. The Balaban J connectivity index is 1.03. The first kappa shape index (κ1) is 36.8. The Bertz CT molecular complexity index is 3200. The summed E-state index contributed by atoms with van der Waals surface area (Å²) < 4.78 is 2.39. The van der Waals surface area contributed by atoms with Crippen molar-refractivity contribution in [1.29, 1.82) is 0 Å². The predicted molar refractivity (Wildman–Crippen MR) is 263 cm³/mol. The van der Waals surface area contributed by atoms with Crippen molar-refractivity contribution in [3.8, 4) is 61.3 Å². The highest BCUT2D eigenvalue weighted by atomic mass is 15.1. The lowest BCUT2D eigenvalue weighted by Gasteiger charge is -2.26. The highest BCUT2D eigenvalue weighted by Gasteiger charge is 2.18. The number of hydrogen-bond acceptors (Lipinski definition) is 1. The molecule has 0 spiro atoms. The summed E-state index contributed by atoms with van der Waals surface area (Å²) in [4.78, 5) is 2.35. The molecule has 0 unspecified atom stereocenters. The van der Waals surface area contributed by atoms with Crippen molar-refractivity contribution < 1.29 is 0 Å². The van der Waals surface area contributed by atoms with Crippen LogP contribution in [0.1, 0.15) is 0 Å². The molecule has 0 N–H and O–H groups in total. The van der Waals surface area contributed by atoms with Crippen LogP contribution in [0.4, 0.5) is 17.1 Å². The lowest BCUT2D eigenvalue weighted by atomic mass is 9.91. The van der Waals surface area contributed by atoms with E-state index in [1.54, 1.807) is 0 Å². The topological polar surface area (TPSA) is 8.17 Å². The zero-order chi connectivity index (χ0) is 41.2. The Morgan fingerprint density at radius 2 is 0.629 bits per heavy atom. The predicted octanol–water partition coefficient (Wildman–Crippen LogP) is 16.6. The van der Waals surface area contributed by atoms with Gasteiger partial charge in [0.05, 0.1) is 11.0 Å². The minimum atomic E-state index is 1.09. The van der Waals surface area contributed by atoms with Gasteiger partial charge in [0.25, 0.3) is 0 Å². The maximum absolute atomic E-state index is 2.39. The third-order valence-electron chi connectivity index (χ3n) is 12.0. The number of anilines is 3. The molecule has 0 atom stereocenters. The molecular weight excluding hydrogens is 749 g/mol. The molecule has 0 bridgehead atoms. The highest BCUT2D eigenvalue weighted by Crippen LogP contribution is 2.42. The van der Waals surface area contributed by atoms with Gasteiger partial charge >= 0.3 is 0 Å². The third-order valence-corrected chi connectivity index (χ3v) is 12.0. The molecule has 2 heteroatoms. The molecule has 1 heterocycles. The number of fused-ring (bicyclic) bond motifs is 3. The van der Waals surface area contributed by atoms with E-state index in [2.05, 4.69) is 264 Å². The Hall–Kier alpha value is -8.20. The average Bonchev–Trinajstić information content (AvgIpc) is 3.70. The molecule has 10 aromatic carbocycles. The van der Waals surface area contributed by atoms with Crippen molar-refractivity contribution in [2.24, 2.45) is 0 Å². The van der Waals surface area contributed by atoms with Gasteiger partial charge in [0, 0.05) is 33.5 Å². The number of benzene rings is 10. The molecule has 0 aliphatic rings. The van der Waals surface area contributed by atoms with Gasteiger partial charge in [-0.15, -0.1) is 0 Å². The lowest BCUT2D eigenvalue weighted by Crippen LogP contribution is -2.09. The van der Waals surface area contributed by atoms with Crippen LogP contribution in [-0.2, 0) is 0 Å². The second kappa shape index (κ2) is 16.1. The molecule has 1 aromatic heterocycles. The van der Waals surface area contributed by atoms with Crippen LogP contribution >= 0.6 is 0 Å². The van der Waals surface area contributed by atoms with E-state index in [0.29, 0.717) is 0 Å². The Morgan fingerprint density at radius 1 is 0.258 bits per heavy atom. The molecule has 0 saturated carbocycles. The van der Waals surface area contributed by atoms with Crippen molar-refractivity contribution in [3.63, 3.8) is 0 Å². The van der Waals surface area contributed by atoms with Crippen LogP contribution in [0.5, 0.6) is 0 Å². The van der Waals surface area contributed by atoms with Crippen LogP contribution in [-0.4, -0.2) is 4.57 Å². The fourth-order valence-electron chi connectivity index (χ4n) is 8.98. The third kappa shape index (κ3) is 6.94. The van der Waals surface area contributed by atoms with Crippen molar-refractivity contribution >= 4 is 38.9 Å². The number of hydrogen-bond donors (Lipinski definition) is 0. The van der Waals surface area contributed by atoms with Gasteiger partial charge in [-0.2, -0.15) is 0 Å². The van der Waals surface area contributed by atoms with E-state index < -0.39 is 0 Å². The first-order valence-electron chi connectivity index (χ1n) is 21.3. The van der Waals surface area contributed by atoms with Crippen molar-refractivity contribution in [1.82, 2.24) is 4.57 Å². The first-order valence-corrected chi connectivity index (χ1v) is 21.3. The van der Waals surface area contributed by atoms with Crippen LogP contribution in [0.2, 0.25) is 0 Å². The summed E-state index contributed by atoms with van der Waals surface area (Å²) in [7, 11) is 0. The minimum absolute atomic E-state index is 1.09. The normalized spacial score (nSPS) is 11.2. The van der Waals surface area contributed by atoms with Crippen LogP contribution in [0.25, 0.3) is 83.1 Å². The smallest absolute Gasteiger partial charge is 0.0547 e. The second-order valence-corrected chi connectivity index (χ2v) is 15.8. The number of nitrogens with zero attached hydrogens (tertiary/aromatic N) is 2. The van der Waals surface area contributed by atoms with Gasteiger partial charge in [-0.25, -0.2) is 0 Å². The Morgan fingerprint density at radius 3 is 1.13 bits per heavy atom. The molecule has 0 saturated heterocycles. The van der Waals surface area contributed by atoms with Gasteiger partial charge in [-0.05, 0) is 134 Å². The van der Waals surface area contributed by atoms with E-state index in [-0.39, 0.29) is 0 Å². The summed E-state index contributed by atoms with van der Waals surface area (Å²) in [6.07, 6.45) is 0. The van der Waals surface area contributed by atoms with Crippen molar-refractivity contribution in [3.05, 3.63) is 255 Å². The van der Waals surface area contributed by atoms with Crippen molar-refractivity contribution in [2.45, 2.75) is 0 Å². The summed E-state index contributed by atoms with van der Waals surface area (Å²) in [6, 6.07) is 92.0. The highest BCUT2D eigenvalue weighted by molar-refractivity contribution is 6.16. The van der Waals surface area contributed by atoms with E-state index in [4.69, 9.17) is 0 Å². The number of rotatable bonds is 9. The van der Waals surface area contributed by atoms with Crippen molar-refractivity contribution in [2.75, 3.05) is 4.90 Å². The standard InChI is InChI=1S/C60H42N2/c1-5-16-43(17-6-1)46-28-34-53(35-29-46)61(54-36-30-47(31-37-54)44-18-7-2-8-19-44)55-38-32-48(33-39-55)50-40-49(45-20-9-3-10-21-45)41-51(42-50)56-25-15-27-59-60(56)57-24-13-14-26-58(57)62(59)52-22-11-4-12-23-52/h1-42H. The number of aromatic nitrogens is 1. The van der Waals surface area contributed by atoms with Gasteiger partial charge in [0.2, 0.25) is 0 Å². The van der Waals surface area contributed by atoms with E-state index >= 15 is 0 Å². The first-order chi connectivity index (χ1) is 30.7. The van der Waals surface area contributed by atoms with Crippen LogP contribution < -0.4 is 4.90 Å². The van der Waals surface area contributed by atoms with Gasteiger partial charge in [0.1, 0.15) is 0 Å². The van der Waals surface area contributed by atoms with Crippen LogP contribution in [0.3, 0.4) is 0 Å². The average molecular weight is 791 g/mol. The Kier molecular flexibility index (Phi) is 9.57. The molecule has 0 aliphatic heterocycles. The molecule has 11 rings (SSSR count). The molecular formula is C60H42N2. The maximum atomic E-state index is 2.39. The van der Waals surface area contributed by atoms with Crippen LogP contribution in [0.15, 0.2) is 255 Å². The number of para-hydroxylation sites is 2.